The molecule has 1 heterocycles. The van der Waals surface area contributed by atoms with E-state index in [-0.39, 0.29) is 42.3 Å². The normalized spacial score (nSPS) is 31.5. The van der Waals surface area contributed by atoms with Crippen LogP contribution in [0.1, 0.15) is 70.3 Å². The van der Waals surface area contributed by atoms with Crippen LogP contribution in [-0.2, 0) is 9.59 Å². The number of nitrogens with zero attached hydrogens (tertiary/aromatic N) is 2. The number of carbonyl (C=O) groups excluding carboxylic acids is 2. The second-order valence-corrected chi connectivity index (χ2v) is 10.2. The SMILES string of the molecule is CC(C)c1ccc(NC(=O)C23CCC(NCC(=O)N4C[C@@H](F)C[C@H]4C#N)(CC2)CC3)cc1. The molecule has 6 nitrogen and oxygen atoms in total. The monoisotopic (exact) mass is 440 g/mol. The van der Waals surface area contributed by atoms with E-state index in [0.717, 1.165) is 44.2 Å². The maximum atomic E-state index is 13.6. The number of anilines is 1. The van der Waals surface area contributed by atoms with Crippen molar-refractivity contribution in [3.63, 3.8) is 0 Å². The van der Waals surface area contributed by atoms with Crippen molar-refractivity contribution >= 4 is 17.5 Å². The molecule has 5 rings (SSSR count). The Kier molecular flexibility index (Phi) is 6.26. The molecule has 4 aliphatic rings. The molecule has 1 aliphatic heterocycles. The average Bonchev–Trinajstić information content (AvgIpc) is 3.20. The molecule has 0 aromatic heterocycles. The van der Waals surface area contributed by atoms with Crippen molar-refractivity contribution in [1.29, 1.82) is 5.26 Å². The fourth-order valence-electron chi connectivity index (χ4n) is 5.55. The van der Waals surface area contributed by atoms with Gasteiger partial charge in [0, 0.05) is 23.1 Å². The zero-order valence-corrected chi connectivity index (χ0v) is 19.0. The van der Waals surface area contributed by atoms with Crippen molar-refractivity contribution in [2.24, 2.45) is 5.41 Å². The number of hydrogen-bond acceptors (Lipinski definition) is 4. The van der Waals surface area contributed by atoms with Crippen molar-refractivity contribution < 1.29 is 14.0 Å². The van der Waals surface area contributed by atoms with E-state index in [2.05, 4.69) is 36.6 Å². The van der Waals surface area contributed by atoms with E-state index in [9.17, 15) is 19.2 Å². The van der Waals surface area contributed by atoms with Gasteiger partial charge in [0.05, 0.1) is 19.2 Å². The van der Waals surface area contributed by atoms with E-state index in [4.69, 9.17) is 0 Å². The van der Waals surface area contributed by atoms with Gasteiger partial charge >= 0.3 is 0 Å². The Morgan fingerprint density at radius 1 is 1.16 bits per heavy atom. The molecule has 0 spiro atoms. The lowest BCUT2D eigenvalue weighted by atomic mass is 9.57. The van der Waals surface area contributed by atoms with Gasteiger partial charge in [-0.15, -0.1) is 0 Å². The van der Waals surface area contributed by atoms with Crippen LogP contribution in [0.5, 0.6) is 0 Å². The fourth-order valence-corrected chi connectivity index (χ4v) is 5.55. The van der Waals surface area contributed by atoms with Crippen LogP contribution in [-0.4, -0.2) is 47.6 Å². The van der Waals surface area contributed by atoms with Gasteiger partial charge < -0.3 is 15.5 Å². The number of hydrogen-bond donors (Lipinski definition) is 2. The summed E-state index contributed by atoms with van der Waals surface area (Å²) in [4.78, 5) is 27.1. The van der Waals surface area contributed by atoms with Crippen LogP contribution in [0.3, 0.4) is 0 Å². The lowest BCUT2D eigenvalue weighted by Crippen LogP contribution is -2.59. The zero-order valence-electron chi connectivity index (χ0n) is 19.0. The molecular formula is C25H33FN4O2. The molecule has 32 heavy (non-hydrogen) atoms. The van der Waals surface area contributed by atoms with Crippen molar-refractivity contribution in [2.75, 3.05) is 18.4 Å². The first kappa shape index (κ1) is 22.7. The highest BCUT2D eigenvalue weighted by molar-refractivity contribution is 5.95. The van der Waals surface area contributed by atoms with Crippen LogP contribution in [0.2, 0.25) is 0 Å². The van der Waals surface area contributed by atoms with Crippen molar-refractivity contribution in [3.8, 4) is 6.07 Å². The average molecular weight is 441 g/mol. The van der Waals surface area contributed by atoms with E-state index >= 15 is 0 Å². The molecule has 3 saturated carbocycles. The second-order valence-electron chi connectivity index (χ2n) is 10.2. The van der Waals surface area contributed by atoms with Gasteiger partial charge in [0.1, 0.15) is 12.2 Å². The van der Waals surface area contributed by atoms with E-state index in [1.165, 1.54) is 10.5 Å². The predicted molar refractivity (Wildman–Crippen MR) is 121 cm³/mol. The number of amides is 2. The molecular weight excluding hydrogens is 407 g/mol. The lowest BCUT2D eigenvalue weighted by molar-refractivity contribution is -0.135. The molecule has 1 aromatic rings. The van der Waals surface area contributed by atoms with Crippen LogP contribution >= 0.6 is 0 Å². The molecule has 7 heteroatoms. The summed E-state index contributed by atoms with van der Waals surface area (Å²) in [6.07, 6.45) is 3.88. The largest absolute Gasteiger partial charge is 0.326 e. The molecule has 2 atom stereocenters. The van der Waals surface area contributed by atoms with Crippen LogP contribution in [0, 0.1) is 16.7 Å². The van der Waals surface area contributed by atoms with Gasteiger partial charge in [0.2, 0.25) is 11.8 Å². The van der Waals surface area contributed by atoms with Crippen LogP contribution < -0.4 is 10.6 Å². The van der Waals surface area contributed by atoms with Crippen LogP contribution in [0.4, 0.5) is 10.1 Å². The third-order valence-electron chi connectivity index (χ3n) is 7.90. The van der Waals surface area contributed by atoms with Gasteiger partial charge in [-0.05, 0) is 62.1 Å². The first-order chi connectivity index (χ1) is 15.3. The maximum Gasteiger partial charge on any atom is 0.237 e. The third kappa shape index (κ3) is 4.38. The molecule has 2 N–H and O–H groups in total. The van der Waals surface area contributed by atoms with E-state index < -0.39 is 12.2 Å². The van der Waals surface area contributed by atoms with Gasteiger partial charge in [-0.2, -0.15) is 5.26 Å². The van der Waals surface area contributed by atoms with Crippen molar-refractivity contribution in [3.05, 3.63) is 29.8 Å². The Morgan fingerprint density at radius 3 is 2.34 bits per heavy atom. The summed E-state index contributed by atoms with van der Waals surface area (Å²) in [5.74, 6) is 0.343. The minimum atomic E-state index is -1.12. The number of alkyl halides is 1. The summed E-state index contributed by atoms with van der Waals surface area (Å²) < 4.78 is 13.6. The Hall–Kier alpha value is -2.46. The molecule has 0 radical (unpaired) electrons. The smallest absolute Gasteiger partial charge is 0.237 e. The summed E-state index contributed by atoms with van der Waals surface area (Å²) in [6, 6.07) is 9.44. The number of carbonyl (C=O) groups is 2. The zero-order chi connectivity index (χ0) is 22.9. The van der Waals surface area contributed by atoms with E-state index in [0.29, 0.717) is 5.92 Å². The number of benzene rings is 1. The minimum Gasteiger partial charge on any atom is -0.326 e. The third-order valence-corrected chi connectivity index (χ3v) is 7.90. The molecule has 2 bridgehead atoms. The van der Waals surface area contributed by atoms with Gasteiger partial charge in [-0.3, -0.25) is 9.59 Å². The molecule has 3 aliphatic carbocycles. The first-order valence-electron chi connectivity index (χ1n) is 11.8. The highest BCUT2D eigenvalue weighted by atomic mass is 19.1. The van der Waals surface area contributed by atoms with Gasteiger partial charge in [-0.25, -0.2) is 4.39 Å². The molecule has 0 unspecified atom stereocenters. The molecule has 172 valence electrons. The second kappa shape index (κ2) is 8.82. The van der Waals surface area contributed by atoms with Crippen LogP contribution in [0.15, 0.2) is 24.3 Å². The van der Waals surface area contributed by atoms with Gasteiger partial charge in [0.25, 0.3) is 0 Å². The lowest BCUT2D eigenvalue weighted by Gasteiger charge is -2.52. The highest BCUT2D eigenvalue weighted by Gasteiger charge is 2.52. The molecule has 1 aromatic carbocycles. The number of nitrogens with one attached hydrogen (secondary N) is 2. The predicted octanol–water partition coefficient (Wildman–Crippen LogP) is 3.89. The van der Waals surface area contributed by atoms with Gasteiger partial charge in [0.15, 0.2) is 0 Å². The van der Waals surface area contributed by atoms with Gasteiger partial charge in [-0.1, -0.05) is 26.0 Å². The molecule has 2 amide bonds. The van der Waals surface area contributed by atoms with Crippen LogP contribution in [0.25, 0.3) is 0 Å². The number of halogens is 1. The number of fused-ring (bicyclic) bond motifs is 3. The number of rotatable bonds is 6. The highest BCUT2D eigenvalue weighted by Crippen LogP contribution is 2.52. The van der Waals surface area contributed by atoms with Crippen molar-refractivity contribution in [1.82, 2.24) is 10.2 Å². The summed E-state index contributed by atoms with van der Waals surface area (Å²) >= 11 is 0. The topological polar surface area (TPSA) is 85.2 Å². The number of nitriles is 1. The molecule has 1 saturated heterocycles. The fraction of sp³-hybridized carbons (Fsp3) is 0.640. The summed E-state index contributed by atoms with van der Waals surface area (Å²) in [5.41, 5.74) is 1.60. The van der Waals surface area contributed by atoms with E-state index in [1.54, 1.807) is 0 Å². The summed E-state index contributed by atoms with van der Waals surface area (Å²) in [7, 11) is 0. The minimum absolute atomic E-state index is 0.00711. The van der Waals surface area contributed by atoms with E-state index in [1.807, 2.05) is 18.2 Å². The Balaban J connectivity index is 1.31. The standard InChI is InChI=1S/C25H33FN4O2/c1-17(2)18-3-5-20(6-4-18)29-23(32)24-7-10-25(11-8-24,12-9-24)28-15-22(31)30-16-19(26)13-21(30)14-27/h3-6,17,19,21,28H,7-13,15-16H2,1-2H3,(H,29,32)/t19-,21-,24?,25?/m0/s1. The van der Waals surface area contributed by atoms with Crippen molar-refractivity contribution in [2.45, 2.75) is 82.5 Å². The first-order valence-corrected chi connectivity index (χ1v) is 11.8. The Morgan fingerprint density at radius 2 is 1.78 bits per heavy atom. The Bertz CT molecular complexity index is 883. The summed E-state index contributed by atoms with van der Waals surface area (Å²) in [5, 5.41) is 15.7. The molecule has 4 fully saturated rings. The maximum absolute atomic E-state index is 13.6. The Labute approximate surface area is 189 Å². The summed E-state index contributed by atoms with van der Waals surface area (Å²) in [6.45, 7) is 4.42. The number of likely N-dealkylation sites (tertiary alicyclic amines) is 1. The quantitative estimate of drug-likeness (QED) is 0.703.